The SMILES string of the molecule is CO[C@@]12CCC(OCC3CC3)CC1N(C(=O)c1cccnc1)CC2. The molecule has 3 atom stereocenters. The van der Waals surface area contributed by atoms with Crippen LogP contribution in [0.3, 0.4) is 0 Å². The molecule has 0 radical (unpaired) electrons. The van der Waals surface area contributed by atoms with Crippen LogP contribution in [-0.2, 0) is 9.47 Å². The summed E-state index contributed by atoms with van der Waals surface area (Å²) >= 11 is 0. The van der Waals surface area contributed by atoms with Crippen molar-refractivity contribution in [1.82, 2.24) is 9.88 Å². The molecule has 2 heterocycles. The molecule has 0 spiro atoms. The molecule has 2 saturated carbocycles. The number of likely N-dealkylation sites (tertiary alicyclic amines) is 1. The second kappa shape index (κ2) is 6.45. The average molecular weight is 330 g/mol. The molecule has 3 aliphatic rings. The third-order valence-corrected chi connectivity index (χ3v) is 5.98. The zero-order chi connectivity index (χ0) is 16.6. The van der Waals surface area contributed by atoms with Crippen LogP contribution in [0.5, 0.6) is 0 Å². The Morgan fingerprint density at radius 2 is 2.25 bits per heavy atom. The minimum absolute atomic E-state index is 0.0647. The first-order valence-corrected chi connectivity index (χ1v) is 9.09. The van der Waals surface area contributed by atoms with Crippen LogP contribution >= 0.6 is 0 Å². The lowest BCUT2D eigenvalue weighted by molar-refractivity contribution is -0.0977. The van der Waals surface area contributed by atoms with Crippen molar-refractivity contribution < 1.29 is 14.3 Å². The largest absolute Gasteiger partial charge is 0.378 e. The lowest BCUT2D eigenvalue weighted by atomic mass is 9.79. The number of hydrogen-bond donors (Lipinski definition) is 0. The van der Waals surface area contributed by atoms with Gasteiger partial charge in [-0.3, -0.25) is 9.78 Å². The number of carbonyl (C=O) groups is 1. The van der Waals surface area contributed by atoms with Crippen molar-refractivity contribution in [2.75, 3.05) is 20.3 Å². The summed E-state index contributed by atoms with van der Waals surface area (Å²) < 4.78 is 12.1. The van der Waals surface area contributed by atoms with Gasteiger partial charge in [0.1, 0.15) is 0 Å². The molecule has 5 nitrogen and oxygen atoms in total. The van der Waals surface area contributed by atoms with Crippen LogP contribution < -0.4 is 0 Å². The Balaban J connectivity index is 1.49. The average Bonchev–Trinajstić information content (AvgIpc) is 3.39. The number of methoxy groups -OCH3 is 1. The number of nitrogens with zero attached hydrogens (tertiary/aromatic N) is 2. The van der Waals surface area contributed by atoms with E-state index in [1.54, 1.807) is 19.5 Å². The first-order chi connectivity index (χ1) is 11.7. The maximum absolute atomic E-state index is 12.9. The van der Waals surface area contributed by atoms with Gasteiger partial charge in [0.2, 0.25) is 0 Å². The van der Waals surface area contributed by atoms with E-state index in [-0.39, 0.29) is 23.7 Å². The molecular formula is C19H26N2O3. The van der Waals surface area contributed by atoms with Gasteiger partial charge < -0.3 is 14.4 Å². The van der Waals surface area contributed by atoms with Gasteiger partial charge in [0.05, 0.1) is 23.3 Å². The van der Waals surface area contributed by atoms with Crippen LogP contribution in [0.4, 0.5) is 0 Å². The highest BCUT2D eigenvalue weighted by Crippen LogP contribution is 2.44. The van der Waals surface area contributed by atoms with Crippen molar-refractivity contribution in [3.63, 3.8) is 0 Å². The van der Waals surface area contributed by atoms with Gasteiger partial charge in [-0.15, -0.1) is 0 Å². The summed E-state index contributed by atoms with van der Waals surface area (Å²) in [6.45, 7) is 1.63. The van der Waals surface area contributed by atoms with Gasteiger partial charge >= 0.3 is 0 Å². The van der Waals surface area contributed by atoms with E-state index in [2.05, 4.69) is 4.98 Å². The molecule has 0 N–H and O–H groups in total. The number of aromatic nitrogens is 1. The van der Waals surface area contributed by atoms with Crippen molar-refractivity contribution >= 4 is 5.91 Å². The van der Waals surface area contributed by atoms with E-state index in [1.807, 2.05) is 17.0 Å². The summed E-state index contributed by atoms with van der Waals surface area (Å²) in [5.41, 5.74) is 0.461. The topological polar surface area (TPSA) is 51.7 Å². The highest BCUT2D eigenvalue weighted by molar-refractivity contribution is 5.94. The second-order valence-corrected chi connectivity index (χ2v) is 7.45. The van der Waals surface area contributed by atoms with Gasteiger partial charge in [-0.1, -0.05) is 0 Å². The highest BCUT2D eigenvalue weighted by atomic mass is 16.5. The van der Waals surface area contributed by atoms with Crippen LogP contribution in [0.25, 0.3) is 0 Å². The fourth-order valence-electron chi connectivity index (χ4n) is 4.27. The molecule has 1 aromatic rings. The normalized spacial score (nSPS) is 32.6. The zero-order valence-electron chi connectivity index (χ0n) is 14.3. The van der Waals surface area contributed by atoms with Crippen molar-refractivity contribution in [1.29, 1.82) is 0 Å². The summed E-state index contributed by atoms with van der Waals surface area (Å²) in [7, 11) is 1.79. The Kier molecular flexibility index (Phi) is 4.31. The molecule has 2 unspecified atom stereocenters. The quantitative estimate of drug-likeness (QED) is 0.833. The van der Waals surface area contributed by atoms with E-state index in [4.69, 9.17) is 9.47 Å². The molecule has 0 bridgehead atoms. The van der Waals surface area contributed by atoms with Gasteiger partial charge in [-0.2, -0.15) is 0 Å². The number of pyridine rings is 1. The third-order valence-electron chi connectivity index (χ3n) is 5.98. The van der Waals surface area contributed by atoms with E-state index in [0.717, 1.165) is 44.8 Å². The predicted molar refractivity (Wildman–Crippen MR) is 89.7 cm³/mol. The zero-order valence-corrected chi connectivity index (χ0v) is 14.3. The minimum Gasteiger partial charge on any atom is -0.378 e. The van der Waals surface area contributed by atoms with Crippen molar-refractivity contribution in [2.45, 2.75) is 56.3 Å². The Hall–Kier alpha value is -1.46. The maximum Gasteiger partial charge on any atom is 0.255 e. The smallest absolute Gasteiger partial charge is 0.255 e. The number of fused-ring (bicyclic) bond motifs is 1. The van der Waals surface area contributed by atoms with Gasteiger partial charge in [0.25, 0.3) is 5.91 Å². The molecule has 1 aliphatic heterocycles. The predicted octanol–water partition coefficient (Wildman–Crippen LogP) is 2.66. The summed E-state index contributed by atoms with van der Waals surface area (Å²) in [5.74, 6) is 0.839. The van der Waals surface area contributed by atoms with Crippen LogP contribution in [-0.4, -0.2) is 53.8 Å². The number of amides is 1. The molecule has 24 heavy (non-hydrogen) atoms. The Morgan fingerprint density at radius 1 is 1.38 bits per heavy atom. The van der Waals surface area contributed by atoms with Gasteiger partial charge in [-0.25, -0.2) is 0 Å². The molecule has 1 amide bonds. The van der Waals surface area contributed by atoms with Gasteiger partial charge in [-0.05, 0) is 56.6 Å². The van der Waals surface area contributed by atoms with Crippen LogP contribution in [0.15, 0.2) is 24.5 Å². The highest BCUT2D eigenvalue weighted by Gasteiger charge is 2.52. The van der Waals surface area contributed by atoms with Crippen molar-refractivity contribution in [2.24, 2.45) is 5.92 Å². The Morgan fingerprint density at radius 3 is 2.96 bits per heavy atom. The first-order valence-electron chi connectivity index (χ1n) is 9.09. The molecule has 1 saturated heterocycles. The number of hydrogen-bond acceptors (Lipinski definition) is 4. The summed E-state index contributed by atoms with van der Waals surface area (Å²) in [4.78, 5) is 19.0. The standard InChI is InChI=1S/C19H26N2O3/c1-23-19-7-6-16(24-13-14-4-5-14)11-17(19)21(10-8-19)18(22)15-3-2-9-20-12-15/h2-3,9,12,14,16-17H,4-8,10-11,13H2,1H3/t16?,17?,19-/m1/s1. The van der Waals surface area contributed by atoms with Crippen LogP contribution in [0.2, 0.25) is 0 Å². The molecule has 1 aromatic heterocycles. The lowest BCUT2D eigenvalue weighted by Gasteiger charge is -2.43. The molecular weight excluding hydrogens is 304 g/mol. The third kappa shape index (κ3) is 2.95. The second-order valence-electron chi connectivity index (χ2n) is 7.45. The monoisotopic (exact) mass is 330 g/mol. The number of carbonyl (C=O) groups excluding carboxylic acids is 1. The lowest BCUT2D eigenvalue weighted by Crippen LogP contribution is -2.53. The summed E-state index contributed by atoms with van der Waals surface area (Å²) in [6.07, 6.45) is 10.0. The molecule has 130 valence electrons. The fraction of sp³-hybridized carbons (Fsp3) is 0.684. The van der Waals surface area contributed by atoms with E-state index in [1.165, 1.54) is 12.8 Å². The molecule has 0 aromatic carbocycles. The molecule has 5 heteroatoms. The van der Waals surface area contributed by atoms with E-state index >= 15 is 0 Å². The molecule has 3 fully saturated rings. The van der Waals surface area contributed by atoms with Crippen molar-refractivity contribution in [3.8, 4) is 0 Å². The minimum atomic E-state index is -0.197. The van der Waals surface area contributed by atoms with Crippen molar-refractivity contribution in [3.05, 3.63) is 30.1 Å². The van der Waals surface area contributed by atoms with Gasteiger partial charge in [0.15, 0.2) is 0 Å². The van der Waals surface area contributed by atoms with E-state index in [0.29, 0.717) is 5.56 Å². The van der Waals surface area contributed by atoms with Crippen LogP contribution in [0, 0.1) is 5.92 Å². The Labute approximate surface area is 143 Å². The van der Waals surface area contributed by atoms with Crippen LogP contribution in [0.1, 0.15) is 48.9 Å². The van der Waals surface area contributed by atoms with E-state index in [9.17, 15) is 4.79 Å². The summed E-state index contributed by atoms with van der Waals surface area (Å²) in [5, 5.41) is 0. The number of rotatable bonds is 5. The van der Waals surface area contributed by atoms with E-state index < -0.39 is 0 Å². The van der Waals surface area contributed by atoms with Gasteiger partial charge in [0, 0.05) is 32.7 Å². The molecule has 4 rings (SSSR count). The number of ether oxygens (including phenoxy) is 2. The fourth-order valence-corrected chi connectivity index (χ4v) is 4.27. The first kappa shape index (κ1) is 16.0. The summed E-state index contributed by atoms with van der Waals surface area (Å²) in [6, 6.07) is 3.76. The Bertz CT molecular complexity index is 590. The maximum atomic E-state index is 12.9. The molecule has 2 aliphatic carbocycles.